The molecule has 2 aliphatic heterocycles. The normalized spacial score (nSPS) is 28.5. The van der Waals surface area contributed by atoms with E-state index in [-0.39, 0.29) is 6.54 Å². The van der Waals surface area contributed by atoms with Crippen LogP contribution in [0.25, 0.3) is 0 Å². The number of nitrogens with two attached hydrogens (primary N) is 1. The monoisotopic (exact) mass is 185 g/mol. The van der Waals surface area contributed by atoms with Gasteiger partial charge in [0.15, 0.2) is 0 Å². The predicted molar refractivity (Wildman–Crippen MR) is 42.4 cm³/mol. The average molecular weight is 185 g/mol. The molecule has 0 aromatic carbocycles. The van der Waals surface area contributed by atoms with Crippen molar-refractivity contribution in [2.45, 2.75) is 12.5 Å². The average Bonchev–Trinajstić information content (AvgIpc) is 2.29. The lowest BCUT2D eigenvalue weighted by Crippen LogP contribution is -2.51. The maximum absolute atomic E-state index is 11.2. The van der Waals surface area contributed by atoms with Crippen molar-refractivity contribution in [3.05, 3.63) is 0 Å². The number of carbonyl (C=O) groups excluding carboxylic acids is 2. The lowest BCUT2D eigenvalue weighted by atomic mass is 10.3. The fraction of sp³-hybridized carbons (Fsp3) is 0.714. The zero-order valence-corrected chi connectivity index (χ0v) is 7.10. The van der Waals surface area contributed by atoms with Crippen molar-refractivity contribution >= 4 is 12.0 Å². The molecule has 2 heterocycles. The summed E-state index contributed by atoms with van der Waals surface area (Å²) in [5.74, 6) is -0.587. The van der Waals surface area contributed by atoms with Crippen LogP contribution in [0.2, 0.25) is 0 Å². The minimum absolute atomic E-state index is 0.258. The molecule has 0 spiro atoms. The Labute approximate surface area is 75.2 Å². The molecule has 72 valence electrons. The standard InChI is InChI=1S/C7H11N3O3/c8-6(11)5-4-10(7(12)13-5)9-2-1-3-9/h5H,1-4H2,(H2,8,11). The summed E-state index contributed by atoms with van der Waals surface area (Å²) < 4.78 is 4.76. The minimum Gasteiger partial charge on any atom is -0.433 e. The number of cyclic esters (lactones) is 1. The number of hydrazine groups is 1. The molecule has 0 aromatic heterocycles. The van der Waals surface area contributed by atoms with Crippen LogP contribution in [0.15, 0.2) is 0 Å². The van der Waals surface area contributed by atoms with Gasteiger partial charge in [-0.3, -0.25) is 4.79 Å². The third-order valence-corrected chi connectivity index (χ3v) is 2.28. The lowest BCUT2D eigenvalue weighted by molar-refractivity contribution is -0.124. The number of nitrogens with zero attached hydrogens (tertiary/aromatic N) is 2. The van der Waals surface area contributed by atoms with E-state index >= 15 is 0 Å². The van der Waals surface area contributed by atoms with E-state index in [1.54, 1.807) is 0 Å². The van der Waals surface area contributed by atoms with Crippen LogP contribution in [-0.4, -0.2) is 47.8 Å². The van der Waals surface area contributed by atoms with E-state index in [1.807, 2.05) is 5.01 Å². The van der Waals surface area contributed by atoms with Crippen LogP contribution in [0, 0.1) is 0 Å². The molecule has 2 N–H and O–H groups in total. The van der Waals surface area contributed by atoms with Gasteiger partial charge in [-0.05, 0) is 6.42 Å². The molecule has 2 rings (SSSR count). The second kappa shape index (κ2) is 2.88. The summed E-state index contributed by atoms with van der Waals surface area (Å²) in [5.41, 5.74) is 5.02. The van der Waals surface area contributed by atoms with Gasteiger partial charge in [0, 0.05) is 13.1 Å². The Morgan fingerprint density at radius 2 is 2.23 bits per heavy atom. The number of carbonyl (C=O) groups is 2. The van der Waals surface area contributed by atoms with Gasteiger partial charge >= 0.3 is 6.09 Å². The summed E-state index contributed by atoms with van der Waals surface area (Å²) in [6, 6.07) is 0. The van der Waals surface area contributed by atoms with Gasteiger partial charge in [-0.1, -0.05) is 0 Å². The maximum atomic E-state index is 11.2. The van der Waals surface area contributed by atoms with E-state index in [2.05, 4.69) is 0 Å². The molecular weight excluding hydrogens is 174 g/mol. The Hall–Kier alpha value is -1.30. The highest BCUT2D eigenvalue weighted by Gasteiger charge is 2.39. The van der Waals surface area contributed by atoms with Crippen LogP contribution in [-0.2, 0) is 9.53 Å². The van der Waals surface area contributed by atoms with Crippen LogP contribution >= 0.6 is 0 Å². The van der Waals surface area contributed by atoms with Crippen LogP contribution in [0.5, 0.6) is 0 Å². The lowest BCUT2D eigenvalue weighted by Gasteiger charge is -2.36. The van der Waals surface area contributed by atoms with E-state index in [1.165, 1.54) is 5.01 Å². The predicted octanol–water partition coefficient (Wildman–Crippen LogP) is -1.09. The topological polar surface area (TPSA) is 75.9 Å². The fourth-order valence-electron chi connectivity index (χ4n) is 1.37. The van der Waals surface area contributed by atoms with Crippen LogP contribution in [0.3, 0.4) is 0 Å². The number of primary amides is 1. The van der Waals surface area contributed by atoms with E-state index in [9.17, 15) is 9.59 Å². The minimum atomic E-state index is -0.784. The van der Waals surface area contributed by atoms with Crippen molar-refractivity contribution in [3.63, 3.8) is 0 Å². The van der Waals surface area contributed by atoms with Crippen molar-refractivity contribution < 1.29 is 14.3 Å². The van der Waals surface area contributed by atoms with Crippen LogP contribution < -0.4 is 5.73 Å². The van der Waals surface area contributed by atoms with Crippen molar-refractivity contribution in [1.82, 2.24) is 10.0 Å². The Morgan fingerprint density at radius 3 is 2.62 bits per heavy atom. The molecule has 0 aromatic rings. The Balaban J connectivity index is 1.98. The Kier molecular flexibility index (Phi) is 1.84. The van der Waals surface area contributed by atoms with E-state index in [0.717, 1.165) is 19.5 Å². The largest absolute Gasteiger partial charge is 0.433 e. The quantitative estimate of drug-likeness (QED) is 0.593. The number of ether oxygens (including phenoxy) is 1. The first-order valence-electron chi connectivity index (χ1n) is 4.21. The second-order valence-electron chi connectivity index (χ2n) is 3.16. The zero-order valence-electron chi connectivity index (χ0n) is 7.10. The molecule has 6 nitrogen and oxygen atoms in total. The summed E-state index contributed by atoms with van der Waals surface area (Å²) in [6.07, 6.45) is -0.179. The first-order chi connectivity index (χ1) is 6.18. The van der Waals surface area contributed by atoms with Crippen LogP contribution in [0.4, 0.5) is 4.79 Å². The van der Waals surface area contributed by atoms with Gasteiger partial charge in [0.05, 0.1) is 6.54 Å². The number of rotatable bonds is 2. The first-order valence-corrected chi connectivity index (χ1v) is 4.21. The van der Waals surface area contributed by atoms with Gasteiger partial charge in [-0.15, -0.1) is 0 Å². The molecule has 13 heavy (non-hydrogen) atoms. The fourth-order valence-corrected chi connectivity index (χ4v) is 1.37. The highest BCUT2D eigenvalue weighted by Crippen LogP contribution is 2.18. The molecule has 2 fully saturated rings. The summed E-state index contributed by atoms with van der Waals surface area (Å²) in [5, 5.41) is 3.30. The molecule has 2 aliphatic rings. The highest BCUT2D eigenvalue weighted by molar-refractivity contribution is 5.84. The SMILES string of the molecule is NC(=O)C1CN(N2CCC2)C(=O)O1. The van der Waals surface area contributed by atoms with Gasteiger partial charge in [-0.25, -0.2) is 14.8 Å². The third kappa shape index (κ3) is 1.33. The summed E-state index contributed by atoms with van der Waals surface area (Å²) in [6.45, 7) is 1.95. The Morgan fingerprint density at radius 1 is 1.54 bits per heavy atom. The van der Waals surface area contributed by atoms with Gasteiger partial charge in [-0.2, -0.15) is 0 Å². The number of hydrogen-bond donors (Lipinski definition) is 1. The molecule has 2 saturated heterocycles. The molecular formula is C7H11N3O3. The van der Waals surface area contributed by atoms with Crippen LogP contribution in [0.1, 0.15) is 6.42 Å². The van der Waals surface area contributed by atoms with Gasteiger partial charge in [0.2, 0.25) is 6.10 Å². The zero-order chi connectivity index (χ0) is 9.42. The molecule has 2 amide bonds. The third-order valence-electron chi connectivity index (χ3n) is 2.28. The molecule has 0 saturated carbocycles. The molecule has 1 atom stereocenters. The highest BCUT2D eigenvalue weighted by atomic mass is 16.6. The molecule has 0 bridgehead atoms. The van der Waals surface area contributed by atoms with Crippen molar-refractivity contribution in [1.29, 1.82) is 0 Å². The van der Waals surface area contributed by atoms with E-state index in [0.29, 0.717) is 0 Å². The van der Waals surface area contributed by atoms with Gasteiger partial charge in [0.25, 0.3) is 5.91 Å². The summed E-state index contributed by atoms with van der Waals surface area (Å²) in [4.78, 5) is 21.9. The molecule has 6 heteroatoms. The molecule has 0 radical (unpaired) electrons. The smallest absolute Gasteiger partial charge is 0.425 e. The maximum Gasteiger partial charge on any atom is 0.425 e. The number of hydrogen-bond acceptors (Lipinski definition) is 4. The number of amides is 2. The molecule has 1 unspecified atom stereocenters. The van der Waals surface area contributed by atoms with E-state index < -0.39 is 18.1 Å². The second-order valence-corrected chi connectivity index (χ2v) is 3.16. The first kappa shape index (κ1) is 8.31. The van der Waals surface area contributed by atoms with E-state index in [4.69, 9.17) is 10.5 Å². The summed E-state index contributed by atoms with van der Waals surface area (Å²) in [7, 11) is 0. The van der Waals surface area contributed by atoms with Crippen molar-refractivity contribution in [2.24, 2.45) is 5.73 Å². The van der Waals surface area contributed by atoms with Gasteiger partial charge < -0.3 is 10.5 Å². The molecule has 0 aliphatic carbocycles. The van der Waals surface area contributed by atoms with Crippen molar-refractivity contribution in [3.8, 4) is 0 Å². The van der Waals surface area contributed by atoms with Crippen molar-refractivity contribution in [2.75, 3.05) is 19.6 Å². The Bertz CT molecular complexity index is 251. The summed E-state index contributed by atoms with van der Waals surface area (Å²) >= 11 is 0. The van der Waals surface area contributed by atoms with Gasteiger partial charge in [0.1, 0.15) is 0 Å².